The Morgan fingerprint density at radius 2 is 1.85 bits per heavy atom. The van der Waals surface area contributed by atoms with Crippen LogP contribution in [0.1, 0.15) is 6.42 Å². The molecule has 5 atom stereocenters. The van der Waals surface area contributed by atoms with Crippen molar-refractivity contribution in [1.82, 2.24) is 4.90 Å². The van der Waals surface area contributed by atoms with Gasteiger partial charge in [0, 0.05) is 12.6 Å². The first-order valence-electron chi connectivity index (χ1n) is 4.56. The maximum Gasteiger partial charge on any atom is 0.0991 e. The second-order valence-corrected chi connectivity index (χ2v) is 3.88. The smallest absolute Gasteiger partial charge is 0.0991 e. The van der Waals surface area contributed by atoms with Crippen molar-refractivity contribution >= 4 is 0 Å². The van der Waals surface area contributed by atoms with E-state index in [1.807, 2.05) is 0 Å². The molecule has 0 aliphatic carbocycles. The van der Waals surface area contributed by atoms with E-state index in [0.717, 1.165) is 0 Å². The van der Waals surface area contributed by atoms with Crippen LogP contribution in [0.15, 0.2) is 0 Å². The number of hydrogen-bond acceptors (Lipinski definition) is 5. The molecule has 76 valence electrons. The van der Waals surface area contributed by atoms with E-state index in [1.165, 1.54) is 0 Å². The van der Waals surface area contributed by atoms with Crippen LogP contribution in [0.3, 0.4) is 0 Å². The lowest BCUT2D eigenvalue weighted by molar-refractivity contribution is 0.00859. The van der Waals surface area contributed by atoms with Crippen LogP contribution < -0.4 is 0 Å². The van der Waals surface area contributed by atoms with Gasteiger partial charge in [0.2, 0.25) is 0 Å². The third-order valence-electron chi connectivity index (χ3n) is 3.11. The summed E-state index contributed by atoms with van der Waals surface area (Å²) in [7, 11) is 0. The molecule has 4 N–H and O–H groups in total. The molecule has 2 aliphatic rings. The van der Waals surface area contributed by atoms with Gasteiger partial charge in [0.1, 0.15) is 0 Å². The molecule has 2 aliphatic heterocycles. The predicted octanol–water partition coefficient (Wildman–Crippen LogP) is -2.48. The highest BCUT2D eigenvalue weighted by Crippen LogP contribution is 2.32. The highest BCUT2D eigenvalue weighted by Gasteiger charge is 2.51. The van der Waals surface area contributed by atoms with Crippen LogP contribution in [-0.2, 0) is 0 Å². The highest BCUT2D eigenvalue weighted by atomic mass is 16.3. The van der Waals surface area contributed by atoms with Crippen molar-refractivity contribution in [2.24, 2.45) is 0 Å². The van der Waals surface area contributed by atoms with Gasteiger partial charge >= 0.3 is 0 Å². The molecule has 2 saturated heterocycles. The van der Waals surface area contributed by atoms with Crippen LogP contribution in [-0.4, -0.2) is 68.9 Å². The first-order valence-corrected chi connectivity index (χ1v) is 4.56. The van der Waals surface area contributed by atoms with Gasteiger partial charge < -0.3 is 20.4 Å². The SMILES string of the molecule is OC[C@H]1[C@@H](O)[C@H](O)[C@H]2C[C@H](O)CN21. The van der Waals surface area contributed by atoms with Gasteiger partial charge in [0.25, 0.3) is 0 Å². The van der Waals surface area contributed by atoms with Crippen molar-refractivity contribution in [3.63, 3.8) is 0 Å². The third kappa shape index (κ3) is 1.28. The Kier molecular flexibility index (Phi) is 2.29. The number of aliphatic hydroxyl groups is 4. The van der Waals surface area contributed by atoms with Crippen molar-refractivity contribution in [1.29, 1.82) is 0 Å². The molecule has 0 bridgehead atoms. The minimum atomic E-state index is -0.887. The summed E-state index contributed by atoms with van der Waals surface area (Å²) in [6, 6.07) is -0.612. The Morgan fingerprint density at radius 1 is 1.15 bits per heavy atom. The molecule has 5 nitrogen and oxygen atoms in total. The summed E-state index contributed by atoms with van der Waals surface area (Å²) in [5.74, 6) is 0. The molecule has 5 heteroatoms. The van der Waals surface area contributed by atoms with E-state index in [1.54, 1.807) is 4.90 Å². The van der Waals surface area contributed by atoms with Crippen molar-refractivity contribution in [3.8, 4) is 0 Å². The van der Waals surface area contributed by atoms with Gasteiger partial charge in [-0.2, -0.15) is 0 Å². The number of nitrogens with zero attached hydrogens (tertiary/aromatic N) is 1. The molecule has 0 aromatic rings. The fraction of sp³-hybridized carbons (Fsp3) is 1.00. The van der Waals surface area contributed by atoms with Gasteiger partial charge in [0.15, 0.2) is 0 Å². The van der Waals surface area contributed by atoms with Crippen LogP contribution in [0.2, 0.25) is 0 Å². The molecule has 0 unspecified atom stereocenters. The van der Waals surface area contributed by atoms with Crippen molar-refractivity contribution in [2.45, 2.75) is 36.8 Å². The first kappa shape index (κ1) is 9.36. The lowest BCUT2D eigenvalue weighted by atomic mass is 10.0. The standard InChI is InChI=1S/C8H15NO4/c10-3-6-8(13)7(12)5-1-4(11)2-9(5)6/h4-8,10-13H,1-3H2/t4-,5+,6-,7+,8+/m0/s1. The first-order chi connectivity index (χ1) is 6.15. The molecule has 2 heterocycles. The summed E-state index contributed by atoms with van der Waals surface area (Å²) in [4.78, 5) is 1.79. The van der Waals surface area contributed by atoms with Gasteiger partial charge in [0.05, 0.1) is 31.0 Å². The number of hydrogen-bond donors (Lipinski definition) is 4. The lowest BCUT2D eigenvalue weighted by Gasteiger charge is -2.22. The van der Waals surface area contributed by atoms with Gasteiger partial charge in [-0.3, -0.25) is 4.90 Å². The van der Waals surface area contributed by atoms with E-state index < -0.39 is 24.4 Å². The quantitative estimate of drug-likeness (QED) is 0.367. The summed E-state index contributed by atoms with van der Waals surface area (Å²) in [6.45, 7) is 0.255. The normalized spacial score (nSPS) is 51.2. The van der Waals surface area contributed by atoms with E-state index in [-0.39, 0.29) is 12.6 Å². The second kappa shape index (κ2) is 3.18. The van der Waals surface area contributed by atoms with Crippen LogP contribution in [0.4, 0.5) is 0 Å². The maximum absolute atomic E-state index is 9.57. The average molecular weight is 189 g/mol. The maximum atomic E-state index is 9.57. The Bertz CT molecular complexity index is 199. The van der Waals surface area contributed by atoms with E-state index in [0.29, 0.717) is 13.0 Å². The molecular formula is C8H15NO4. The van der Waals surface area contributed by atoms with E-state index >= 15 is 0 Å². The van der Waals surface area contributed by atoms with Crippen molar-refractivity contribution in [2.75, 3.05) is 13.2 Å². The topological polar surface area (TPSA) is 84.2 Å². The molecule has 0 aromatic carbocycles. The van der Waals surface area contributed by atoms with E-state index in [4.69, 9.17) is 5.11 Å². The second-order valence-electron chi connectivity index (χ2n) is 3.88. The number of fused-ring (bicyclic) bond motifs is 1. The molecular weight excluding hydrogens is 174 g/mol. The molecule has 0 amide bonds. The van der Waals surface area contributed by atoms with Gasteiger partial charge in [-0.1, -0.05) is 0 Å². The summed E-state index contributed by atoms with van der Waals surface area (Å²) in [5.41, 5.74) is 0. The Hall–Kier alpha value is -0.200. The molecule has 13 heavy (non-hydrogen) atoms. The molecule has 0 aromatic heterocycles. The zero-order valence-corrected chi connectivity index (χ0v) is 7.24. The van der Waals surface area contributed by atoms with Crippen LogP contribution in [0.25, 0.3) is 0 Å². The van der Waals surface area contributed by atoms with Crippen molar-refractivity contribution in [3.05, 3.63) is 0 Å². The fourth-order valence-electron chi connectivity index (χ4n) is 2.45. The van der Waals surface area contributed by atoms with Crippen molar-refractivity contribution < 1.29 is 20.4 Å². The number of rotatable bonds is 1. The van der Waals surface area contributed by atoms with Crippen LogP contribution in [0, 0.1) is 0 Å². The predicted molar refractivity (Wildman–Crippen MR) is 44.0 cm³/mol. The Labute approximate surface area is 76.2 Å². The molecule has 0 radical (unpaired) electrons. The van der Waals surface area contributed by atoms with E-state index in [9.17, 15) is 15.3 Å². The summed E-state index contributed by atoms with van der Waals surface area (Å²) < 4.78 is 0. The van der Waals surface area contributed by atoms with Crippen LogP contribution >= 0.6 is 0 Å². The minimum Gasteiger partial charge on any atom is -0.395 e. The average Bonchev–Trinajstić information content (AvgIpc) is 2.54. The van der Waals surface area contributed by atoms with Gasteiger partial charge in [-0.15, -0.1) is 0 Å². The number of aliphatic hydroxyl groups excluding tert-OH is 4. The zero-order valence-electron chi connectivity index (χ0n) is 7.24. The molecule has 0 saturated carbocycles. The highest BCUT2D eigenvalue weighted by molar-refractivity contribution is 5.05. The zero-order chi connectivity index (χ0) is 9.59. The summed E-state index contributed by atoms with van der Waals surface area (Å²) in [5, 5.41) is 37.4. The Balaban J connectivity index is 2.15. The summed E-state index contributed by atoms with van der Waals surface area (Å²) in [6.07, 6.45) is -1.69. The Morgan fingerprint density at radius 3 is 2.46 bits per heavy atom. The third-order valence-corrected chi connectivity index (χ3v) is 3.11. The molecule has 0 spiro atoms. The van der Waals surface area contributed by atoms with Crippen LogP contribution in [0.5, 0.6) is 0 Å². The fourth-order valence-corrected chi connectivity index (χ4v) is 2.45. The largest absolute Gasteiger partial charge is 0.395 e. The molecule has 2 fully saturated rings. The monoisotopic (exact) mass is 189 g/mol. The minimum absolute atomic E-state index is 0.179. The van der Waals surface area contributed by atoms with E-state index in [2.05, 4.69) is 0 Å². The van der Waals surface area contributed by atoms with Gasteiger partial charge in [-0.25, -0.2) is 0 Å². The summed E-state index contributed by atoms with van der Waals surface area (Å²) >= 11 is 0. The molecule has 2 rings (SSSR count). The van der Waals surface area contributed by atoms with Gasteiger partial charge in [-0.05, 0) is 6.42 Å². The lowest BCUT2D eigenvalue weighted by Crippen LogP contribution is -2.40.